The van der Waals surface area contributed by atoms with Crippen molar-refractivity contribution in [3.05, 3.63) is 89.5 Å². The van der Waals surface area contributed by atoms with Crippen LogP contribution in [0.25, 0.3) is 0 Å². The molecule has 0 atom stereocenters. The fraction of sp³-hybridized carbons (Fsp3) is 0.400. The van der Waals surface area contributed by atoms with Crippen LogP contribution in [0.2, 0.25) is 0 Å². The third-order valence-electron chi connectivity index (χ3n) is 6.03. The lowest BCUT2D eigenvalue weighted by Crippen LogP contribution is -2.20. The van der Waals surface area contributed by atoms with Gasteiger partial charge in [0.15, 0.2) is 23.4 Å². The van der Waals surface area contributed by atoms with Gasteiger partial charge in [-0.15, -0.1) is 0 Å². The number of benzene rings is 3. The van der Waals surface area contributed by atoms with Crippen LogP contribution in [0.4, 0.5) is 0 Å². The maximum atomic E-state index is 6.76. The highest BCUT2D eigenvalue weighted by Gasteiger charge is 2.50. The van der Waals surface area contributed by atoms with Crippen molar-refractivity contribution in [1.29, 1.82) is 0 Å². The molecule has 0 bridgehead atoms. The van der Waals surface area contributed by atoms with Gasteiger partial charge in [0.05, 0.1) is 0 Å². The highest BCUT2D eigenvalue weighted by molar-refractivity contribution is 7.62. The van der Waals surface area contributed by atoms with Gasteiger partial charge in [-0.2, -0.15) is 0 Å². The van der Waals surface area contributed by atoms with Gasteiger partial charge in [-0.05, 0) is 68.5 Å². The van der Waals surface area contributed by atoms with Gasteiger partial charge in [-0.3, -0.25) is 13.6 Å². The van der Waals surface area contributed by atoms with Crippen LogP contribution >= 0.6 is 7.94 Å². The third-order valence-corrected chi connectivity index (χ3v) is 8.32. The molecule has 0 aliphatic rings. The van der Waals surface area contributed by atoms with Crippen molar-refractivity contribution in [3.8, 4) is 17.2 Å². The van der Waals surface area contributed by atoms with Crippen LogP contribution in [0.3, 0.4) is 0 Å². The maximum absolute atomic E-state index is 6.76. The van der Waals surface area contributed by atoms with E-state index in [0.29, 0.717) is 0 Å². The lowest BCUT2D eigenvalue weighted by molar-refractivity contribution is 0.349. The number of aryl methyl sites for hydroxylation is 3. The first-order valence-electron chi connectivity index (χ1n) is 12.7. The zero-order valence-corrected chi connectivity index (χ0v) is 22.2. The standard InChI is InChI=1S/C30H40O3P/c1-5-6-7-8-9-10-17-24-34(31-28-21-14-11-18-25(28)2,32-29-22-15-12-19-26(29)3)33-30-23-16-13-20-27(30)4/h11-16,18-23H,5-10,17,24H2,1-4H3/q+1. The Bertz CT molecular complexity index is 902. The normalized spacial score (nSPS) is 11.3. The van der Waals surface area contributed by atoms with Gasteiger partial charge in [-0.25, -0.2) is 0 Å². The SMILES string of the molecule is CCCCCCCCC[P+](Oc1ccccc1C)(Oc1ccccc1C)Oc1ccccc1C. The molecular formula is C30H40O3P+. The average Bonchev–Trinajstić information content (AvgIpc) is 2.83. The van der Waals surface area contributed by atoms with E-state index in [1.165, 1.54) is 32.1 Å². The van der Waals surface area contributed by atoms with Gasteiger partial charge in [0.2, 0.25) is 0 Å². The van der Waals surface area contributed by atoms with E-state index in [9.17, 15) is 0 Å². The van der Waals surface area contributed by atoms with E-state index in [-0.39, 0.29) is 0 Å². The van der Waals surface area contributed by atoms with E-state index in [0.717, 1.165) is 52.9 Å². The van der Waals surface area contributed by atoms with Gasteiger partial charge in [-0.1, -0.05) is 93.6 Å². The maximum Gasteiger partial charge on any atom is 0.541 e. The second kappa shape index (κ2) is 13.4. The van der Waals surface area contributed by atoms with E-state index >= 15 is 0 Å². The van der Waals surface area contributed by atoms with Crippen molar-refractivity contribution in [2.75, 3.05) is 6.16 Å². The number of unbranched alkanes of at least 4 members (excludes halogenated alkanes) is 6. The second-order valence-electron chi connectivity index (χ2n) is 9.03. The zero-order valence-electron chi connectivity index (χ0n) is 21.3. The first-order valence-corrected chi connectivity index (χ1v) is 14.4. The third kappa shape index (κ3) is 7.77. The Morgan fingerprint density at radius 3 is 1.24 bits per heavy atom. The predicted molar refractivity (Wildman–Crippen MR) is 145 cm³/mol. The Morgan fingerprint density at radius 2 is 0.853 bits per heavy atom. The smallest absolute Gasteiger partial charge is 0.271 e. The zero-order chi connectivity index (χ0) is 24.2. The molecule has 0 fully saturated rings. The summed E-state index contributed by atoms with van der Waals surface area (Å²) < 4.78 is 20.3. The van der Waals surface area contributed by atoms with Crippen LogP contribution < -0.4 is 13.6 Å². The summed E-state index contributed by atoms with van der Waals surface area (Å²) in [6.45, 7) is 8.46. The Hall–Kier alpha value is -2.51. The minimum absolute atomic E-state index is 0.734. The van der Waals surface area contributed by atoms with Crippen LogP contribution in [0.1, 0.15) is 68.6 Å². The molecular weight excluding hydrogens is 439 g/mol. The molecule has 0 unspecified atom stereocenters. The predicted octanol–water partition coefficient (Wildman–Crippen LogP) is 9.66. The molecule has 3 aromatic carbocycles. The Labute approximate surface area is 207 Å². The molecule has 0 amide bonds. The van der Waals surface area contributed by atoms with Crippen LogP contribution in [0.5, 0.6) is 17.2 Å². The fourth-order valence-corrected chi connectivity index (χ4v) is 6.39. The van der Waals surface area contributed by atoms with E-state index in [2.05, 4.69) is 45.9 Å². The summed E-state index contributed by atoms with van der Waals surface area (Å²) in [5.41, 5.74) is 3.23. The Balaban J connectivity index is 1.91. The molecule has 182 valence electrons. The quantitative estimate of drug-likeness (QED) is 0.170. The van der Waals surface area contributed by atoms with Crippen LogP contribution in [-0.4, -0.2) is 6.16 Å². The Morgan fingerprint density at radius 1 is 0.500 bits per heavy atom. The van der Waals surface area contributed by atoms with E-state index in [4.69, 9.17) is 13.6 Å². The second-order valence-corrected chi connectivity index (χ2v) is 11.2. The number of rotatable bonds is 14. The van der Waals surface area contributed by atoms with Crippen molar-refractivity contribution in [3.63, 3.8) is 0 Å². The molecule has 0 N–H and O–H groups in total. The first-order chi connectivity index (χ1) is 16.5. The van der Waals surface area contributed by atoms with Crippen molar-refractivity contribution in [2.24, 2.45) is 0 Å². The van der Waals surface area contributed by atoms with Gasteiger partial charge in [0.1, 0.15) is 0 Å². The molecule has 3 aromatic rings. The number of hydrogen-bond acceptors (Lipinski definition) is 3. The number of hydrogen-bond donors (Lipinski definition) is 0. The lowest BCUT2D eigenvalue weighted by Gasteiger charge is -2.25. The molecule has 4 heteroatoms. The fourth-order valence-electron chi connectivity index (χ4n) is 3.88. The van der Waals surface area contributed by atoms with Gasteiger partial charge in [0, 0.05) is 0 Å². The van der Waals surface area contributed by atoms with Crippen molar-refractivity contribution < 1.29 is 13.6 Å². The largest absolute Gasteiger partial charge is 0.541 e. The van der Waals surface area contributed by atoms with Crippen LogP contribution in [0.15, 0.2) is 72.8 Å². The lowest BCUT2D eigenvalue weighted by atomic mass is 10.1. The van der Waals surface area contributed by atoms with Gasteiger partial charge in [0.25, 0.3) is 0 Å². The molecule has 0 saturated heterocycles. The molecule has 0 heterocycles. The summed E-state index contributed by atoms with van der Waals surface area (Å²) in [4.78, 5) is 0. The minimum atomic E-state index is -2.80. The summed E-state index contributed by atoms with van der Waals surface area (Å²) in [7, 11) is -2.80. The molecule has 34 heavy (non-hydrogen) atoms. The first kappa shape index (κ1) is 26.1. The summed E-state index contributed by atoms with van der Waals surface area (Å²) >= 11 is 0. The highest BCUT2D eigenvalue weighted by Crippen LogP contribution is 2.62. The van der Waals surface area contributed by atoms with E-state index in [1.807, 2.05) is 54.6 Å². The van der Waals surface area contributed by atoms with Gasteiger partial charge < -0.3 is 0 Å². The van der Waals surface area contributed by atoms with E-state index < -0.39 is 7.94 Å². The molecule has 0 aliphatic heterocycles. The summed E-state index contributed by atoms with van der Waals surface area (Å²) in [6, 6.07) is 24.4. The monoisotopic (exact) mass is 479 g/mol. The van der Waals surface area contributed by atoms with Crippen molar-refractivity contribution in [2.45, 2.75) is 72.6 Å². The molecule has 0 radical (unpaired) electrons. The highest BCUT2D eigenvalue weighted by atomic mass is 31.2. The molecule has 0 aromatic heterocycles. The number of para-hydroxylation sites is 3. The van der Waals surface area contributed by atoms with Crippen LogP contribution in [0, 0.1) is 20.8 Å². The molecule has 3 rings (SSSR count). The summed E-state index contributed by atoms with van der Waals surface area (Å²) in [5.74, 6) is 2.46. The molecule has 0 spiro atoms. The Kier molecular flexibility index (Phi) is 10.3. The topological polar surface area (TPSA) is 27.7 Å². The molecule has 3 nitrogen and oxygen atoms in total. The van der Waals surface area contributed by atoms with Crippen molar-refractivity contribution in [1.82, 2.24) is 0 Å². The van der Waals surface area contributed by atoms with Crippen LogP contribution in [-0.2, 0) is 0 Å². The minimum Gasteiger partial charge on any atom is -0.271 e. The average molecular weight is 480 g/mol. The van der Waals surface area contributed by atoms with Gasteiger partial charge >= 0.3 is 7.94 Å². The summed E-state index contributed by atoms with van der Waals surface area (Å²) in [6.07, 6.45) is 9.32. The van der Waals surface area contributed by atoms with Crippen molar-refractivity contribution >= 4 is 7.94 Å². The van der Waals surface area contributed by atoms with E-state index in [1.54, 1.807) is 0 Å². The summed E-state index contributed by atoms with van der Waals surface area (Å²) in [5, 5.41) is 0. The molecule has 0 aliphatic carbocycles. The molecule has 0 saturated carbocycles.